The second-order valence-electron chi connectivity index (χ2n) is 3.95. The highest BCUT2D eigenvalue weighted by atomic mass is 19.1. The van der Waals surface area contributed by atoms with Crippen molar-refractivity contribution in [3.63, 3.8) is 0 Å². The van der Waals surface area contributed by atoms with E-state index in [2.05, 4.69) is 0 Å². The lowest BCUT2D eigenvalue weighted by molar-refractivity contribution is 0.365. The fourth-order valence-corrected chi connectivity index (χ4v) is 1.55. The van der Waals surface area contributed by atoms with Crippen LogP contribution in [0, 0.1) is 5.92 Å². The van der Waals surface area contributed by atoms with Crippen LogP contribution >= 0.6 is 0 Å². The number of alkyl halides is 1. The number of hydrogen-bond donors (Lipinski definition) is 1. The van der Waals surface area contributed by atoms with E-state index in [0.717, 1.165) is 11.1 Å². The summed E-state index contributed by atoms with van der Waals surface area (Å²) in [7, 11) is 0. The average Bonchev–Trinajstić information content (AvgIpc) is 2.19. The lowest BCUT2D eigenvalue weighted by Crippen LogP contribution is -2.09. The Balaban J connectivity index is 2.84. The van der Waals surface area contributed by atoms with Crippen LogP contribution in [0.1, 0.15) is 30.9 Å². The maximum Gasteiger partial charge on any atom is 0.0965 e. The Morgan fingerprint density at radius 3 is 2.14 bits per heavy atom. The van der Waals surface area contributed by atoms with Gasteiger partial charge in [0.15, 0.2) is 0 Å². The quantitative estimate of drug-likeness (QED) is 0.785. The minimum atomic E-state index is -0.292. The molecule has 2 heteroatoms. The molecule has 1 atom stereocenters. The molecule has 0 aliphatic heterocycles. The van der Waals surface area contributed by atoms with Gasteiger partial charge in [0.05, 0.1) is 6.67 Å². The smallest absolute Gasteiger partial charge is 0.0965 e. The molecule has 1 aromatic carbocycles. The van der Waals surface area contributed by atoms with Crippen LogP contribution < -0.4 is 5.73 Å². The SMILES string of the molecule is CC(C)C(CF)c1ccc(CN)cc1. The second-order valence-corrected chi connectivity index (χ2v) is 3.95. The van der Waals surface area contributed by atoms with Crippen LogP contribution in [0.2, 0.25) is 0 Å². The van der Waals surface area contributed by atoms with E-state index in [4.69, 9.17) is 5.73 Å². The molecule has 0 bridgehead atoms. The van der Waals surface area contributed by atoms with Gasteiger partial charge in [0, 0.05) is 12.5 Å². The lowest BCUT2D eigenvalue weighted by atomic mass is 9.89. The van der Waals surface area contributed by atoms with E-state index in [-0.39, 0.29) is 12.6 Å². The molecule has 0 heterocycles. The highest BCUT2D eigenvalue weighted by Gasteiger charge is 2.14. The van der Waals surface area contributed by atoms with Crippen molar-refractivity contribution in [1.82, 2.24) is 0 Å². The summed E-state index contributed by atoms with van der Waals surface area (Å²) in [5.74, 6) is 0.352. The average molecular weight is 195 g/mol. The molecule has 0 radical (unpaired) electrons. The Bertz CT molecular complexity index is 266. The molecule has 0 saturated heterocycles. The van der Waals surface area contributed by atoms with E-state index in [9.17, 15) is 4.39 Å². The molecule has 0 spiro atoms. The lowest BCUT2D eigenvalue weighted by Gasteiger charge is -2.17. The van der Waals surface area contributed by atoms with Gasteiger partial charge in [-0.3, -0.25) is 4.39 Å². The monoisotopic (exact) mass is 195 g/mol. The van der Waals surface area contributed by atoms with E-state index < -0.39 is 0 Å². The Morgan fingerprint density at radius 2 is 1.79 bits per heavy atom. The minimum Gasteiger partial charge on any atom is -0.326 e. The molecule has 0 fully saturated rings. The Kier molecular flexibility index (Phi) is 4.08. The summed E-state index contributed by atoms with van der Waals surface area (Å²) in [6, 6.07) is 7.90. The molecule has 1 nitrogen and oxygen atoms in total. The third kappa shape index (κ3) is 2.55. The van der Waals surface area contributed by atoms with Gasteiger partial charge in [0.25, 0.3) is 0 Å². The van der Waals surface area contributed by atoms with Gasteiger partial charge in [-0.2, -0.15) is 0 Å². The van der Waals surface area contributed by atoms with E-state index in [1.54, 1.807) is 0 Å². The fourth-order valence-electron chi connectivity index (χ4n) is 1.55. The molecule has 1 unspecified atom stereocenters. The number of halogens is 1. The van der Waals surface area contributed by atoms with Crippen molar-refractivity contribution in [2.45, 2.75) is 26.3 Å². The van der Waals surface area contributed by atoms with Crippen molar-refractivity contribution in [3.05, 3.63) is 35.4 Å². The maximum atomic E-state index is 12.8. The normalized spacial score (nSPS) is 13.2. The van der Waals surface area contributed by atoms with Crippen LogP contribution in [-0.2, 0) is 6.54 Å². The van der Waals surface area contributed by atoms with Crippen molar-refractivity contribution in [3.8, 4) is 0 Å². The Labute approximate surface area is 85.1 Å². The van der Waals surface area contributed by atoms with Crippen LogP contribution in [0.5, 0.6) is 0 Å². The van der Waals surface area contributed by atoms with Gasteiger partial charge < -0.3 is 5.73 Å². The summed E-state index contributed by atoms with van der Waals surface area (Å²) in [5.41, 5.74) is 7.66. The van der Waals surface area contributed by atoms with E-state index in [1.807, 2.05) is 38.1 Å². The highest BCUT2D eigenvalue weighted by molar-refractivity contribution is 5.25. The first-order chi connectivity index (χ1) is 6.69. The summed E-state index contributed by atoms with van der Waals surface area (Å²) in [6.45, 7) is 4.34. The van der Waals surface area contributed by atoms with Crippen molar-refractivity contribution in [1.29, 1.82) is 0 Å². The van der Waals surface area contributed by atoms with Crippen molar-refractivity contribution in [2.24, 2.45) is 11.7 Å². The summed E-state index contributed by atoms with van der Waals surface area (Å²) in [6.07, 6.45) is 0. The molecule has 0 aliphatic rings. The van der Waals surface area contributed by atoms with Gasteiger partial charge in [-0.15, -0.1) is 0 Å². The van der Waals surface area contributed by atoms with Crippen LogP contribution in [0.3, 0.4) is 0 Å². The molecule has 1 rings (SSSR count). The largest absolute Gasteiger partial charge is 0.326 e. The topological polar surface area (TPSA) is 26.0 Å². The molecule has 78 valence electrons. The van der Waals surface area contributed by atoms with Gasteiger partial charge in [-0.05, 0) is 17.0 Å². The van der Waals surface area contributed by atoms with Crippen molar-refractivity contribution in [2.75, 3.05) is 6.67 Å². The van der Waals surface area contributed by atoms with Gasteiger partial charge in [-0.1, -0.05) is 38.1 Å². The predicted molar refractivity (Wildman–Crippen MR) is 57.9 cm³/mol. The number of hydrogen-bond acceptors (Lipinski definition) is 1. The number of rotatable bonds is 4. The van der Waals surface area contributed by atoms with Gasteiger partial charge in [0.2, 0.25) is 0 Å². The zero-order valence-corrected chi connectivity index (χ0v) is 8.83. The van der Waals surface area contributed by atoms with Crippen molar-refractivity contribution >= 4 is 0 Å². The fraction of sp³-hybridized carbons (Fsp3) is 0.500. The summed E-state index contributed by atoms with van der Waals surface area (Å²) in [4.78, 5) is 0. The third-order valence-corrected chi connectivity index (χ3v) is 2.61. The summed E-state index contributed by atoms with van der Waals surface area (Å²) < 4.78 is 12.8. The van der Waals surface area contributed by atoms with Crippen molar-refractivity contribution < 1.29 is 4.39 Å². The van der Waals surface area contributed by atoms with Crippen LogP contribution in [0.4, 0.5) is 4.39 Å². The molecule has 0 aliphatic carbocycles. The molecule has 0 saturated carbocycles. The molecule has 2 N–H and O–H groups in total. The second kappa shape index (κ2) is 5.11. The van der Waals surface area contributed by atoms with E-state index >= 15 is 0 Å². The van der Waals surface area contributed by atoms with Crippen LogP contribution in [0.25, 0.3) is 0 Å². The minimum absolute atomic E-state index is 0.0156. The predicted octanol–water partition coefficient (Wildman–Crippen LogP) is 2.85. The van der Waals surface area contributed by atoms with E-state index in [1.165, 1.54) is 0 Å². The standard InChI is InChI=1S/C12H18FN/c1-9(2)12(7-13)11-5-3-10(8-14)4-6-11/h3-6,9,12H,7-8,14H2,1-2H3. The Hall–Kier alpha value is -0.890. The van der Waals surface area contributed by atoms with Gasteiger partial charge >= 0.3 is 0 Å². The van der Waals surface area contributed by atoms with Crippen LogP contribution in [-0.4, -0.2) is 6.67 Å². The highest BCUT2D eigenvalue weighted by Crippen LogP contribution is 2.24. The summed E-state index contributed by atoms with van der Waals surface area (Å²) >= 11 is 0. The third-order valence-electron chi connectivity index (χ3n) is 2.61. The van der Waals surface area contributed by atoms with E-state index in [0.29, 0.717) is 12.5 Å². The zero-order valence-electron chi connectivity index (χ0n) is 8.83. The number of nitrogens with two attached hydrogens (primary N) is 1. The Morgan fingerprint density at radius 1 is 1.21 bits per heavy atom. The number of benzene rings is 1. The first-order valence-electron chi connectivity index (χ1n) is 5.04. The maximum absolute atomic E-state index is 12.8. The van der Waals surface area contributed by atoms with Crippen LogP contribution in [0.15, 0.2) is 24.3 Å². The molecule has 0 aromatic heterocycles. The van der Waals surface area contributed by atoms with Gasteiger partial charge in [0.1, 0.15) is 0 Å². The molecule has 14 heavy (non-hydrogen) atoms. The molecule has 1 aromatic rings. The molecule has 0 amide bonds. The zero-order chi connectivity index (χ0) is 10.6. The molecular formula is C12H18FN. The summed E-state index contributed by atoms with van der Waals surface area (Å²) in [5, 5.41) is 0. The van der Waals surface area contributed by atoms with Gasteiger partial charge in [-0.25, -0.2) is 0 Å². The first-order valence-corrected chi connectivity index (χ1v) is 5.04. The molecular weight excluding hydrogens is 177 g/mol. The first kappa shape index (κ1) is 11.2.